The van der Waals surface area contributed by atoms with Gasteiger partial charge in [0.05, 0.1) is 12.5 Å². The topological polar surface area (TPSA) is 26.3 Å². The molecule has 0 heterocycles. The van der Waals surface area contributed by atoms with Crippen molar-refractivity contribution >= 4 is 5.97 Å². The summed E-state index contributed by atoms with van der Waals surface area (Å²) in [5.41, 5.74) is 0. The number of hydrogen-bond acceptors (Lipinski definition) is 2. The third-order valence-corrected chi connectivity index (χ3v) is 3.86. The number of rotatable bonds is 12. The summed E-state index contributed by atoms with van der Waals surface area (Å²) in [5.74, 6) is 0.365. The van der Waals surface area contributed by atoms with Crippen LogP contribution in [0, 0.1) is 11.8 Å². The minimum absolute atomic E-state index is 0.0264. The number of hydrogen-bond donors (Lipinski definition) is 0. The second kappa shape index (κ2) is 12.5. The largest absolute Gasteiger partial charge is 0.465 e. The first-order valence-corrected chi connectivity index (χ1v) is 8.26. The molecule has 0 saturated carbocycles. The number of carbonyl (C=O) groups is 1. The van der Waals surface area contributed by atoms with Crippen LogP contribution in [0.5, 0.6) is 0 Å². The maximum absolute atomic E-state index is 11.6. The molecule has 0 aromatic rings. The Morgan fingerprint density at radius 1 is 0.842 bits per heavy atom. The van der Waals surface area contributed by atoms with Crippen molar-refractivity contribution in [1.29, 1.82) is 0 Å². The van der Waals surface area contributed by atoms with E-state index in [0.29, 0.717) is 12.5 Å². The molecule has 0 spiro atoms. The van der Waals surface area contributed by atoms with Crippen LogP contribution in [0.4, 0.5) is 0 Å². The molecule has 0 aromatic carbocycles. The average Bonchev–Trinajstić information content (AvgIpc) is 2.39. The lowest BCUT2D eigenvalue weighted by Crippen LogP contribution is -2.20. The molecule has 0 amide bonds. The van der Waals surface area contributed by atoms with Crippen molar-refractivity contribution in [3.63, 3.8) is 0 Å². The van der Waals surface area contributed by atoms with E-state index in [-0.39, 0.29) is 11.9 Å². The normalized spacial score (nSPS) is 12.7. The zero-order chi connectivity index (χ0) is 14.5. The van der Waals surface area contributed by atoms with E-state index in [1.54, 1.807) is 0 Å². The molecular weight excluding hydrogens is 236 g/mol. The van der Waals surface area contributed by atoms with E-state index in [9.17, 15) is 4.79 Å². The maximum atomic E-state index is 11.6. The van der Waals surface area contributed by atoms with Gasteiger partial charge in [0.1, 0.15) is 0 Å². The Labute approximate surface area is 120 Å². The van der Waals surface area contributed by atoms with Gasteiger partial charge in [-0.2, -0.15) is 0 Å². The van der Waals surface area contributed by atoms with Crippen LogP contribution in [0.3, 0.4) is 0 Å². The average molecular weight is 270 g/mol. The number of esters is 1. The van der Waals surface area contributed by atoms with Crippen LogP contribution >= 0.6 is 0 Å². The van der Waals surface area contributed by atoms with Gasteiger partial charge in [0.25, 0.3) is 0 Å². The first-order valence-electron chi connectivity index (χ1n) is 8.26. The molecule has 1 unspecified atom stereocenters. The molecule has 114 valence electrons. The van der Waals surface area contributed by atoms with Gasteiger partial charge in [0.15, 0.2) is 0 Å². The third-order valence-electron chi connectivity index (χ3n) is 3.86. The second-order valence-electron chi connectivity index (χ2n) is 6.03. The molecule has 2 heteroatoms. The molecule has 0 fully saturated rings. The van der Waals surface area contributed by atoms with Crippen molar-refractivity contribution in [3.8, 4) is 0 Å². The number of unbranched alkanes of at least 4 members (excludes halogenated alkanes) is 8. The molecule has 1 atom stereocenters. The summed E-state index contributed by atoms with van der Waals surface area (Å²) in [4.78, 5) is 11.6. The summed E-state index contributed by atoms with van der Waals surface area (Å²) in [6.07, 6.45) is 11.7. The van der Waals surface area contributed by atoms with Gasteiger partial charge in [-0.1, -0.05) is 79.1 Å². The Morgan fingerprint density at radius 2 is 1.32 bits per heavy atom. The molecule has 0 saturated heterocycles. The summed E-state index contributed by atoms with van der Waals surface area (Å²) in [7, 11) is 0. The highest BCUT2D eigenvalue weighted by Crippen LogP contribution is 2.12. The first kappa shape index (κ1) is 18.5. The van der Waals surface area contributed by atoms with Crippen LogP contribution < -0.4 is 0 Å². The van der Waals surface area contributed by atoms with E-state index in [0.717, 1.165) is 6.42 Å². The summed E-state index contributed by atoms with van der Waals surface area (Å²) in [5, 5.41) is 0. The molecule has 0 aromatic heterocycles. The lowest BCUT2D eigenvalue weighted by Gasteiger charge is -2.14. The Morgan fingerprint density at radius 3 is 1.79 bits per heavy atom. The zero-order valence-electron chi connectivity index (χ0n) is 13.5. The highest BCUT2D eigenvalue weighted by molar-refractivity contribution is 5.72. The highest BCUT2D eigenvalue weighted by Gasteiger charge is 2.17. The van der Waals surface area contributed by atoms with E-state index in [2.05, 4.69) is 20.8 Å². The van der Waals surface area contributed by atoms with Crippen molar-refractivity contribution in [2.24, 2.45) is 11.8 Å². The SMILES string of the molecule is CCCCCCCCCCCOC(=O)C(C)C(C)C. The fourth-order valence-electron chi connectivity index (χ4n) is 1.99. The fraction of sp³-hybridized carbons (Fsp3) is 0.941. The van der Waals surface area contributed by atoms with E-state index < -0.39 is 0 Å². The second-order valence-corrected chi connectivity index (χ2v) is 6.03. The molecule has 0 bridgehead atoms. The summed E-state index contributed by atoms with van der Waals surface area (Å²) in [6, 6.07) is 0. The van der Waals surface area contributed by atoms with Gasteiger partial charge in [-0.15, -0.1) is 0 Å². The van der Waals surface area contributed by atoms with E-state index >= 15 is 0 Å². The Hall–Kier alpha value is -0.530. The minimum atomic E-state index is -0.0328. The monoisotopic (exact) mass is 270 g/mol. The predicted molar refractivity (Wildman–Crippen MR) is 82.2 cm³/mol. The summed E-state index contributed by atoms with van der Waals surface area (Å²) >= 11 is 0. The van der Waals surface area contributed by atoms with E-state index in [1.165, 1.54) is 51.4 Å². The smallest absolute Gasteiger partial charge is 0.308 e. The standard InChI is InChI=1S/C17H34O2/c1-5-6-7-8-9-10-11-12-13-14-19-17(18)16(4)15(2)3/h15-16H,5-14H2,1-4H3. The maximum Gasteiger partial charge on any atom is 0.308 e. The van der Waals surface area contributed by atoms with Crippen LogP contribution in [0.15, 0.2) is 0 Å². The van der Waals surface area contributed by atoms with Crippen molar-refractivity contribution < 1.29 is 9.53 Å². The highest BCUT2D eigenvalue weighted by atomic mass is 16.5. The summed E-state index contributed by atoms with van der Waals surface area (Å²) in [6.45, 7) is 8.92. The van der Waals surface area contributed by atoms with Gasteiger partial charge < -0.3 is 4.74 Å². The number of carbonyl (C=O) groups excluding carboxylic acids is 1. The van der Waals surface area contributed by atoms with Crippen LogP contribution in [0.25, 0.3) is 0 Å². The first-order chi connectivity index (χ1) is 9.09. The third kappa shape index (κ3) is 11.0. The molecule has 0 N–H and O–H groups in total. The molecule has 19 heavy (non-hydrogen) atoms. The molecule has 0 radical (unpaired) electrons. The number of ether oxygens (including phenoxy) is 1. The zero-order valence-corrected chi connectivity index (χ0v) is 13.5. The van der Waals surface area contributed by atoms with Gasteiger partial charge in [-0.25, -0.2) is 0 Å². The minimum Gasteiger partial charge on any atom is -0.465 e. The summed E-state index contributed by atoms with van der Waals surface area (Å²) < 4.78 is 5.29. The molecule has 0 aliphatic carbocycles. The van der Waals surface area contributed by atoms with Crippen LogP contribution in [0.1, 0.15) is 85.5 Å². The molecule has 0 aliphatic rings. The lowest BCUT2D eigenvalue weighted by molar-refractivity contribution is -0.149. The predicted octanol–water partition coefficient (Wildman–Crippen LogP) is 5.35. The van der Waals surface area contributed by atoms with E-state index in [1.807, 2.05) is 6.92 Å². The van der Waals surface area contributed by atoms with Crippen LogP contribution in [-0.2, 0) is 9.53 Å². The lowest BCUT2D eigenvalue weighted by atomic mass is 9.99. The van der Waals surface area contributed by atoms with Crippen LogP contribution in [0.2, 0.25) is 0 Å². The fourth-order valence-corrected chi connectivity index (χ4v) is 1.99. The van der Waals surface area contributed by atoms with Gasteiger partial charge >= 0.3 is 5.97 Å². The quantitative estimate of drug-likeness (QED) is 0.353. The van der Waals surface area contributed by atoms with Gasteiger partial charge in [0, 0.05) is 0 Å². The molecule has 0 rings (SSSR count). The van der Waals surface area contributed by atoms with Gasteiger partial charge in [0.2, 0.25) is 0 Å². The Bertz CT molecular complexity index is 211. The van der Waals surface area contributed by atoms with Crippen molar-refractivity contribution in [2.75, 3.05) is 6.61 Å². The van der Waals surface area contributed by atoms with Crippen molar-refractivity contribution in [1.82, 2.24) is 0 Å². The van der Waals surface area contributed by atoms with Gasteiger partial charge in [-0.3, -0.25) is 4.79 Å². The van der Waals surface area contributed by atoms with E-state index in [4.69, 9.17) is 4.74 Å². The van der Waals surface area contributed by atoms with Crippen LogP contribution in [-0.4, -0.2) is 12.6 Å². The Balaban J connectivity index is 3.25. The Kier molecular flexibility index (Phi) is 12.2. The molecule has 2 nitrogen and oxygen atoms in total. The molecular formula is C17H34O2. The van der Waals surface area contributed by atoms with Crippen molar-refractivity contribution in [3.05, 3.63) is 0 Å². The van der Waals surface area contributed by atoms with Crippen molar-refractivity contribution in [2.45, 2.75) is 85.5 Å². The molecule has 0 aliphatic heterocycles. The van der Waals surface area contributed by atoms with Gasteiger partial charge in [-0.05, 0) is 12.3 Å².